The molecule has 1 aromatic carbocycles. The van der Waals surface area contributed by atoms with Gasteiger partial charge in [-0.15, -0.1) is 0 Å². The van der Waals surface area contributed by atoms with Crippen molar-refractivity contribution in [2.75, 3.05) is 32.8 Å². The third-order valence-corrected chi connectivity index (χ3v) is 4.05. The summed E-state index contributed by atoms with van der Waals surface area (Å²) >= 11 is 18.0. The van der Waals surface area contributed by atoms with E-state index in [0.717, 1.165) is 6.42 Å². The number of carbonyl (C=O) groups excluding carboxylic acids is 1. The molecule has 0 N–H and O–H groups in total. The summed E-state index contributed by atoms with van der Waals surface area (Å²) in [5.74, 6) is 0.379. The van der Waals surface area contributed by atoms with Crippen LogP contribution in [0.4, 0.5) is 4.79 Å². The van der Waals surface area contributed by atoms with E-state index in [1.165, 1.54) is 0 Å². The molecular formula is C15H18Cl3N3O2. The molecule has 0 aromatic heterocycles. The standard InChI is InChI=1S/C15H18Cl3N3O2/c1-2-4-20(15(22)21-5-3-19-10-21)6-7-23-14-12(17)8-11(16)9-13(14)18/h8-10H,2-7H2,1H3. The maximum absolute atomic E-state index is 12.4. The number of amides is 2. The molecule has 0 aliphatic carbocycles. The number of urea groups is 1. The highest BCUT2D eigenvalue weighted by Crippen LogP contribution is 2.35. The summed E-state index contributed by atoms with van der Waals surface area (Å²) in [4.78, 5) is 19.8. The van der Waals surface area contributed by atoms with Gasteiger partial charge in [0.25, 0.3) is 0 Å². The van der Waals surface area contributed by atoms with Crippen LogP contribution in [0.1, 0.15) is 13.3 Å². The van der Waals surface area contributed by atoms with Crippen LogP contribution in [0.15, 0.2) is 17.1 Å². The molecule has 0 radical (unpaired) electrons. The molecule has 1 aliphatic rings. The Balaban J connectivity index is 1.94. The lowest BCUT2D eigenvalue weighted by atomic mass is 10.3. The lowest BCUT2D eigenvalue weighted by Crippen LogP contribution is -2.44. The van der Waals surface area contributed by atoms with Crippen LogP contribution < -0.4 is 4.74 Å². The molecule has 23 heavy (non-hydrogen) atoms. The molecule has 0 atom stereocenters. The quantitative estimate of drug-likeness (QED) is 0.744. The van der Waals surface area contributed by atoms with Gasteiger partial charge < -0.3 is 9.64 Å². The highest BCUT2D eigenvalue weighted by Gasteiger charge is 2.21. The van der Waals surface area contributed by atoms with Gasteiger partial charge in [-0.2, -0.15) is 0 Å². The Bertz CT molecular complexity index is 572. The molecule has 1 aliphatic heterocycles. The number of hydrogen-bond donors (Lipinski definition) is 0. The second-order valence-corrected chi connectivity index (χ2v) is 6.28. The number of benzene rings is 1. The second-order valence-electron chi connectivity index (χ2n) is 5.03. The van der Waals surface area contributed by atoms with Crippen molar-refractivity contribution in [3.63, 3.8) is 0 Å². The number of halogens is 3. The van der Waals surface area contributed by atoms with Crippen LogP contribution in [-0.2, 0) is 0 Å². The normalized spacial score (nSPS) is 13.5. The predicted molar refractivity (Wildman–Crippen MR) is 94.3 cm³/mol. The number of hydrogen-bond acceptors (Lipinski definition) is 3. The Labute approximate surface area is 150 Å². The number of carbonyl (C=O) groups is 1. The molecule has 0 unspecified atom stereocenters. The smallest absolute Gasteiger partial charge is 0.325 e. The molecule has 8 heteroatoms. The molecule has 0 saturated heterocycles. The summed E-state index contributed by atoms with van der Waals surface area (Å²) in [6, 6.07) is 3.07. The van der Waals surface area contributed by atoms with Crippen molar-refractivity contribution >= 4 is 47.2 Å². The van der Waals surface area contributed by atoms with E-state index in [2.05, 4.69) is 4.99 Å². The summed E-state index contributed by atoms with van der Waals surface area (Å²) in [7, 11) is 0. The molecule has 0 saturated carbocycles. The Kier molecular flexibility index (Phi) is 6.81. The van der Waals surface area contributed by atoms with Gasteiger partial charge >= 0.3 is 6.03 Å². The van der Waals surface area contributed by atoms with Crippen LogP contribution in [-0.4, -0.2) is 55.0 Å². The average Bonchev–Trinajstić information content (AvgIpc) is 3.02. The first-order valence-electron chi connectivity index (χ1n) is 7.35. The molecule has 1 aromatic rings. The van der Waals surface area contributed by atoms with Gasteiger partial charge in [-0.3, -0.25) is 9.89 Å². The molecule has 0 fully saturated rings. The molecular weight excluding hydrogens is 361 g/mol. The van der Waals surface area contributed by atoms with Gasteiger partial charge in [0, 0.05) is 18.1 Å². The maximum Gasteiger partial charge on any atom is 0.325 e. The number of rotatable bonds is 6. The van der Waals surface area contributed by atoms with Gasteiger partial charge in [0.2, 0.25) is 0 Å². The Morgan fingerprint density at radius 1 is 1.30 bits per heavy atom. The van der Waals surface area contributed by atoms with Crippen LogP contribution in [0.5, 0.6) is 5.75 Å². The minimum atomic E-state index is -0.0648. The van der Waals surface area contributed by atoms with E-state index in [-0.39, 0.29) is 12.6 Å². The average molecular weight is 379 g/mol. The van der Waals surface area contributed by atoms with Crippen molar-refractivity contribution < 1.29 is 9.53 Å². The minimum Gasteiger partial charge on any atom is -0.489 e. The van der Waals surface area contributed by atoms with E-state index >= 15 is 0 Å². The molecule has 1 heterocycles. The predicted octanol–water partition coefficient (Wildman–Crippen LogP) is 4.20. The summed E-state index contributed by atoms with van der Waals surface area (Å²) < 4.78 is 5.64. The zero-order chi connectivity index (χ0) is 16.8. The van der Waals surface area contributed by atoms with Crippen LogP contribution in [0.2, 0.25) is 15.1 Å². The van der Waals surface area contributed by atoms with E-state index < -0.39 is 0 Å². The number of ether oxygens (including phenoxy) is 1. The van der Waals surface area contributed by atoms with Gasteiger partial charge in [-0.05, 0) is 18.6 Å². The third-order valence-electron chi connectivity index (χ3n) is 3.27. The Morgan fingerprint density at radius 3 is 2.57 bits per heavy atom. The zero-order valence-electron chi connectivity index (χ0n) is 12.8. The van der Waals surface area contributed by atoms with Crippen LogP contribution in [0, 0.1) is 0 Å². The summed E-state index contributed by atoms with van der Waals surface area (Å²) in [5.41, 5.74) is 0. The SMILES string of the molecule is CCCN(CCOc1c(Cl)cc(Cl)cc1Cl)C(=O)N1C=NCC1. The van der Waals surface area contributed by atoms with Crippen molar-refractivity contribution in [2.45, 2.75) is 13.3 Å². The van der Waals surface area contributed by atoms with Crippen LogP contribution in [0.25, 0.3) is 0 Å². The fourth-order valence-electron chi connectivity index (χ4n) is 2.20. The Morgan fingerprint density at radius 2 is 2.00 bits per heavy atom. The highest BCUT2D eigenvalue weighted by molar-refractivity contribution is 6.40. The topological polar surface area (TPSA) is 45.1 Å². The zero-order valence-corrected chi connectivity index (χ0v) is 15.0. The fraction of sp³-hybridized carbons (Fsp3) is 0.467. The maximum atomic E-state index is 12.4. The summed E-state index contributed by atoms with van der Waals surface area (Å²) in [5, 5.41) is 1.15. The molecule has 0 spiro atoms. The van der Waals surface area contributed by atoms with Gasteiger partial charge in [-0.25, -0.2) is 4.79 Å². The minimum absolute atomic E-state index is 0.0648. The van der Waals surface area contributed by atoms with Crippen LogP contribution in [0.3, 0.4) is 0 Å². The van der Waals surface area contributed by atoms with Crippen molar-refractivity contribution in [3.8, 4) is 5.75 Å². The van der Waals surface area contributed by atoms with E-state index in [4.69, 9.17) is 39.5 Å². The lowest BCUT2D eigenvalue weighted by molar-refractivity contribution is 0.165. The molecule has 0 bridgehead atoms. The molecule has 126 valence electrons. The largest absolute Gasteiger partial charge is 0.489 e. The van der Waals surface area contributed by atoms with E-state index in [0.29, 0.717) is 47.0 Å². The molecule has 2 rings (SSSR count). The van der Waals surface area contributed by atoms with E-state index in [9.17, 15) is 4.79 Å². The van der Waals surface area contributed by atoms with Gasteiger partial charge in [0.15, 0.2) is 5.75 Å². The monoisotopic (exact) mass is 377 g/mol. The van der Waals surface area contributed by atoms with Crippen molar-refractivity contribution in [3.05, 3.63) is 27.2 Å². The van der Waals surface area contributed by atoms with Crippen molar-refractivity contribution in [1.82, 2.24) is 9.80 Å². The first-order chi connectivity index (χ1) is 11.0. The third kappa shape index (κ3) is 4.90. The first-order valence-corrected chi connectivity index (χ1v) is 8.49. The van der Waals surface area contributed by atoms with E-state index in [1.807, 2.05) is 6.92 Å². The van der Waals surface area contributed by atoms with Gasteiger partial charge in [0.05, 0.1) is 29.5 Å². The van der Waals surface area contributed by atoms with Crippen LogP contribution >= 0.6 is 34.8 Å². The second kappa shape index (κ2) is 8.62. The summed E-state index contributed by atoms with van der Waals surface area (Å²) in [6.07, 6.45) is 2.44. The van der Waals surface area contributed by atoms with Crippen molar-refractivity contribution in [1.29, 1.82) is 0 Å². The van der Waals surface area contributed by atoms with E-state index in [1.54, 1.807) is 28.3 Å². The lowest BCUT2D eigenvalue weighted by Gasteiger charge is -2.26. The molecule has 2 amide bonds. The highest BCUT2D eigenvalue weighted by atomic mass is 35.5. The number of nitrogens with zero attached hydrogens (tertiary/aromatic N) is 3. The van der Waals surface area contributed by atoms with Gasteiger partial charge in [-0.1, -0.05) is 41.7 Å². The first kappa shape index (κ1) is 18.2. The summed E-state index contributed by atoms with van der Waals surface area (Å²) in [6.45, 7) is 4.66. The fourth-order valence-corrected chi connectivity index (χ4v) is 3.13. The number of aliphatic imine (C=N–C) groups is 1. The Hall–Kier alpha value is -1.17. The van der Waals surface area contributed by atoms with Gasteiger partial charge in [0.1, 0.15) is 6.61 Å². The van der Waals surface area contributed by atoms with Crippen molar-refractivity contribution in [2.24, 2.45) is 4.99 Å². The molecule has 5 nitrogen and oxygen atoms in total.